The second kappa shape index (κ2) is 6.92. The van der Waals surface area contributed by atoms with Crippen LogP contribution in [0.1, 0.15) is 30.6 Å². The number of fused-ring (bicyclic) bond motifs is 2. The number of hydrogen-bond acceptors (Lipinski definition) is 4. The van der Waals surface area contributed by atoms with Crippen molar-refractivity contribution in [2.24, 2.45) is 0 Å². The maximum atomic E-state index is 13.9. The number of nitrogens with zero attached hydrogens (tertiary/aromatic N) is 3. The molecule has 0 saturated carbocycles. The number of nitrogens with one attached hydrogen (secondary N) is 1. The molecule has 2 heterocycles. The largest absolute Gasteiger partial charge is 0.384 e. The topological polar surface area (TPSA) is 85.8 Å². The highest BCUT2D eigenvalue weighted by Gasteiger charge is 2.25. The zero-order valence-electron chi connectivity index (χ0n) is 15.6. The van der Waals surface area contributed by atoms with E-state index in [4.69, 9.17) is 5.73 Å². The molecule has 2 aromatic carbocycles. The number of aromatic nitrogens is 3. The summed E-state index contributed by atoms with van der Waals surface area (Å²) in [6.45, 7) is 3.90. The van der Waals surface area contributed by atoms with Crippen LogP contribution >= 0.6 is 0 Å². The number of carbonyl (C=O) groups excluding carboxylic acids is 1. The van der Waals surface area contributed by atoms with Gasteiger partial charge in [-0.2, -0.15) is 0 Å². The molecule has 6 nitrogen and oxygen atoms in total. The molecule has 1 atom stereocenters. The molecular weight excluding hydrogens is 357 g/mol. The van der Waals surface area contributed by atoms with Gasteiger partial charge >= 0.3 is 0 Å². The summed E-state index contributed by atoms with van der Waals surface area (Å²) < 4.78 is 15.4. The Kier molecular flexibility index (Phi) is 4.43. The third-order valence-corrected chi connectivity index (χ3v) is 4.78. The summed E-state index contributed by atoms with van der Waals surface area (Å²) in [6.07, 6.45) is 0.781. The lowest BCUT2D eigenvalue weighted by Gasteiger charge is -2.11. The maximum absolute atomic E-state index is 13.9. The van der Waals surface area contributed by atoms with Gasteiger partial charge < -0.3 is 11.1 Å². The van der Waals surface area contributed by atoms with Crippen molar-refractivity contribution < 1.29 is 9.18 Å². The first kappa shape index (κ1) is 17.9. The van der Waals surface area contributed by atoms with Crippen LogP contribution in [-0.4, -0.2) is 26.5 Å². The van der Waals surface area contributed by atoms with E-state index >= 15 is 0 Å². The van der Waals surface area contributed by atoms with Crippen LogP contribution < -0.4 is 11.1 Å². The predicted octanol–water partition coefficient (Wildman–Crippen LogP) is 3.82. The monoisotopic (exact) mass is 377 g/mol. The predicted molar refractivity (Wildman–Crippen MR) is 108 cm³/mol. The van der Waals surface area contributed by atoms with Crippen LogP contribution in [0.15, 0.2) is 48.5 Å². The summed E-state index contributed by atoms with van der Waals surface area (Å²) >= 11 is 0. The zero-order chi connectivity index (χ0) is 19.8. The van der Waals surface area contributed by atoms with E-state index in [0.717, 1.165) is 6.42 Å². The van der Waals surface area contributed by atoms with Gasteiger partial charge in [-0.1, -0.05) is 25.1 Å². The highest BCUT2D eigenvalue weighted by Crippen LogP contribution is 2.31. The minimum Gasteiger partial charge on any atom is -0.384 e. The first-order chi connectivity index (χ1) is 13.5. The molecule has 0 aliphatic heterocycles. The Balaban J connectivity index is 2.04. The van der Waals surface area contributed by atoms with Gasteiger partial charge in [0.15, 0.2) is 5.65 Å². The summed E-state index contributed by atoms with van der Waals surface area (Å²) in [7, 11) is 0. The Bertz CT molecular complexity index is 1200. The first-order valence-corrected chi connectivity index (χ1v) is 9.13. The number of rotatable bonds is 4. The molecule has 7 heteroatoms. The number of para-hydroxylation sites is 2. The van der Waals surface area contributed by atoms with Crippen molar-refractivity contribution in [3.8, 4) is 5.69 Å². The molecule has 0 fully saturated rings. The molecule has 2 aromatic heterocycles. The third-order valence-electron chi connectivity index (χ3n) is 4.78. The summed E-state index contributed by atoms with van der Waals surface area (Å²) in [6, 6.07) is 13.4. The van der Waals surface area contributed by atoms with E-state index in [1.807, 2.05) is 38.1 Å². The zero-order valence-corrected chi connectivity index (χ0v) is 15.6. The lowest BCUT2D eigenvalue weighted by Crippen LogP contribution is -2.32. The molecule has 0 spiro atoms. The molecule has 1 amide bonds. The highest BCUT2D eigenvalue weighted by molar-refractivity contribution is 6.11. The van der Waals surface area contributed by atoms with Gasteiger partial charge in [-0.3, -0.25) is 9.36 Å². The van der Waals surface area contributed by atoms with Crippen LogP contribution in [0.3, 0.4) is 0 Å². The molecule has 4 aromatic rings. The van der Waals surface area contributed by atoms with E-state index < -0.39 is 5.82 Å². The molecular formula is C21H20FN5O. The van der Waals surface area contributed by atoms with Gasteiger partial charge in [-0.05, 0) is 43.7 Å². The van der Waals surface area contributed by atoms with Crippen LogP contribution in [-0.2, 0) is 0 Å². The third kappa shape index (κ3) is 2.94. The molecule has 0 aliphatic carbocycles. The molecule has 0 unspecified atom stereocenters. The van der Waals surface area contributed by atoms with Gasteiger partial charge in [-0.15, -0.1) is 0 Å². The SMILES string of the molecule is CC[C@H](C)NC(=O)c1c(N)n(-c2cccc(F)c2)c2nc3ccccc3nc12. The van der Waals surface area contributed by atoms with Crippen molar-refractivity contribution in [1.82, 2.24) is 19.9 Å². The van der Waals surface area contributed by atoms with Crippen molar-refractivity contribution in [2.75, 3.05) is 5.73 Å². The van der Waals surface area contributed by atoms with Crippen molar-refractivity contribution in [2.45, 2.75) is 26.3 Å². The number of carbonyl (C=O) groups is 1. The van der Waals surface area contributed by atoms with Crippen LogP contribution in [0.25, 0.3) is 27.9 Å². The van der Waals surface area contributed by atoms with Crippen molar-refractivity contribution in [3.05, 3.63) is 59.9 Å². The van der Waals surface area contributed by atoms with E-state index in [-0.39, 0.29) is 23.3 Å². The fourth-order valence-electron chi connectivity index (χ4n) is 3.16. The summed E-state index contributed by atoms with van der Waals surface area (Å²) in [4.78, 5) is 22.3. The Labute approximate surface area is 161 Å². The van der Waals surface area contributed by atoms with Crippen molar-refractivity contribution in [3.63, 3.8) is 0 Å². The Morgan fingerprint density at radius 3 is 2.57 bits per heavy atom. The number of nitrogen functional groups attached to an aromatic ring is 1. The number of amides is 1. The van der Waals surface area contributed by atoms with E-state index in [1.54, 1.807) is 16.7 Å². The Morgan fingerprint density at radius 1 is 1.18 bits per heavy atom. The average molecular weight is 377 g/mol. The molecule has 0 radical (unpaired) electrons. The van der Waals surface area contributed by atoms with Gasteiger partial charge in [0.1, 0.15) is 22.7 Å². The fraction of sp³-hybridized carbons (Fsp3) is 0.190. The molecule has 0 saturated heterocycles. The summed E-state index contributed by atoms with van der Waals surface area (Å²) in [5, 5.41) is 2.93. The summed E-state index contributed by atoms with van der Waals surface area (Å²) in [5.74, 6) is -0.550. The number of halogens is 1. The molecule has 3 N–H and O–H groups in total. The lowest BCUT2D eigenvalue weighted by atomic mass is 10.2. The quantitative estimate of drug-likeness (QED) is 0.566. The standard InChI is InChI=1S/C21H20FN5O/c1-3-12(2)24-21(28)17-18-20(26-16-10-5-4-9-15(16)25-18)27(19(17)23)14-8-6-7-13(22)11-14/h4-12H,3,23H2,1-2H3,(H,24,28)/t12-/m0/s1. The molecule has 28 heavy (non-hydrogen) atoms. The van der Waals surface area contributed by atoms with E-state index in [0.29, 0.717) is 27.9 Å². The lowest BCUT2D eigenvalue weighted by molar-refractivity contribution is 0.0941. The summed E-state index contributed by atoms with van der Waals surface area (Å²) in [5.41, 5.74) is 9.23. The Hall–Kier alpha value is -3.48. The molecule has 0 aliphatic rings. The van der Waals surface area contributed by atoms with Gasteiger partial charge in [0.2, 0.25) is 0 Å². The van der Waals surface area contributed by atoms with E-state index in [9.17, 15) is 9.18 Å². The van der Waals surface area contributed by atoms with Crippen molar-refractivity contribution >= 4 is 33.9 Å². The molecule has 142 valence electrons. The van der Waals surface area contributed by atoms with Gasteiger partial charge in [0.05, 0.1) is 16.7 Å². The second-order valence-corrected chi connectivity index (χ2v) is 6.74. The number of nitrogens with two attached hydrogens (primary N) is 1. The van der Waals surface area contributed by atoms with Gasteiger partial charge in [-0.25, -0.2) is 14.4 Å². The minimum atomic E-state index is -0.405. The first-order valence-electron chi connectivity index (χ1n) is 9.13. The Morgan fingerprint density at radius 2 is 1.89 bits per heavy atom. The minimum absolute atomic E-state index is 0.0205. The maximum Gasteiger partial charge on any atom is 0.257 e. The molecule has 4 rings (SSSR count). The van der Waals surface area contributed by atoms with Gasteiger partial charge in [0, 0.05) is 6.04 Å². The van der Waals surface area contributed by atoms with Gasteiger partial charge in [0.25, 0.3) is 5.91 Å². The van der Waals surface area contributed by atoms with Crippen LogP contribution in [0.2, 0.25) is 0 Å². The second-order valence-electron chi connectivity index (χ2n) is 6.74. The average Bonchev–Trinajstić information content (AvgIpc) is 2.96. The van der Waals surface area contributed by atoms with Crippen LogP contribution in [0.4, 0.5) is 10.2 Å². The van der Waals surface area contributed by atoms with E-state index in [2.05, 4.69) is 15.3 Å². The normalized spacial score (nSPS) is 12.4. The fourth-order valence-corrected chi connectivity index (χ4v) is 3.16. The number of hydrogen-bond donors (Lipinski definition) is 2. The molecule has 0 bridgehead atoms. The number of anilines is 1. The van der Waals surface area contributed by atoms with Crippen molar-refractivity contribution in [1.29, 1.82) is 0 Å². The highest BCUT2D eigenvalue weighted by atomic mass is 19.1. The van der Waals surface area contributed by atoms with Crippen LogP contribution in [0.5, 0.6) is 0 Å². The van der Waals surface area contributed by atoms with Crippen LogP contribution in [0, 0.1) is 5.82 Å². The smallest absolute Gasteiger partial charge is 0.257 e. The number of benzene rings is 2. The van der Waals surface area contributed by atoms with E-state index in [1.165, 1.54) is 12.1 Å².